The molecule has 0 aliphatic carbocycles. The number of para-hydroxylation sites is 1. The molecule has 0 saturated heterocycles. The Morgan fingerprint density at radius 2 is 2.05 bits per heavy atom. The van der Waals surface area contributed by atoms with Crippen LogP contribution in [0.3, 0.4) is 0 Å². The van der Waals surface area contributed by atoms with Crippen LogP contribution in [-0.4, -0.2) is 28.9 Å². The summed E-state index contributed by atoms with van der Waals surface area (Å²) in [4.78, 5) is 16.9. The summed E-state index contributed by atoms with van der Waals surface area (Å²) in [7, 11) is 0. The highest BCUT2D eigenvalue weighted by atomic mass is 16.2. The summed E-state index contributed by atoms with van der Waals surface area (Å²) in [5.41, 5.74) is 2.44. The van der Waals surface area contributed by atoms with Crippen molar-refractivity contribution in [1.29, 1.82) is 0 Å². The number of benzene rings is 1. The molecule has 112 valence electrons. The summed E-state index contributed by atoms with van der Waals surface area (Å²) >= 11 is 0. The second-order valence-corrected chi connectivity index (χ2v) is 5.28. The lowest BCUT2D eigenvalue weighted by Crippen LogP contribution is -2.31. The van der Waals surface area contributed by atoms with E-state index in [0.717, 1.165) is 37.9 Å². The Morgan fingerprint density at radius 3 is 2.81 bits per heavy atom. The number of hydrogen-bond donors (Lipinski definition) is 1. The second-order valence-electron chi connectivity index (χ2n) is 5.28. The number of nitrogens with one attached hydrogen (secondary N) is 1. The zero-order valence-corrected chi connectivity index (χ0v) is 12.9. The molecule has 0 atom stereocenters. The van der Waals surface area contributed by atoms with Crippen LogP contribution < -0.4 is 0 Å². The molecule has 0 aliphatic heterocycles. The average molecular weight is 284 g/mol. The van der Waals surface area contributed by atoms with E-state index in [2.05, 4.69) is 48.5 Å². The van der Waals surface area contributed by atoms with Crippen molar-refractivity contribution < 1.29 is 4.79 Å². The molecule has 1 aromatic heterocycles. The van der Waals surface area contributed by atoms with Crippen molar-refractivity contribution in [2.45, 2.75) is 33.1 Å². The molecule has 1 N–H and O–H groups in total. The van der Waals surface area contributed by atoms with Gasteiger partial charge in [0.25, 0.3) is 0 Å². The zero-order chi connectivity index (χ0) is 15.1. The third-order valence-electron chi connectivity index (χ3n) is 3.74. The molecule has 0 saturated carbocycles. The highest BCUT2D eigenvalue weighted by molar-refractivity contribution is 5.83. The van der Waals surface area contributed by atoms with E-state index in [9.17, 15) is 4.79 Å². The molecular formula is C18H24N2O. The molecule has 2 aromatic rings. The predicted octanol–water partition coefficient (Wildman–Crippen LogP) is 3.92. The first kappa shape index (κ1) is 15.4. The van der Waals surface area contributed by atoms with Gasteiger partial charge in [0.05, 0.1) is 0 Å². The summed E-state index contributed by atoms with van der Waals surface area (Å²) in [6.07, 6.45) is 9.23. The fourth-order valence-corrected chi connectivity index (χ4v) is 2.54. The van der Waals surface area contributed by atoms with E-state index in [1.165, 1.54) is 10.9 Å². The molecule has 21 heavy (non-hydrogen) atoms. The van der Waals surface area contributed by atoms with Crippen molar-refractivity contribution in [3.8, 4) is 0 Å². The normalized spacial score (nSPS) is 11.3. The van der Waals surface area contributed by atoms with Gasteiger partial charge in [0, 0.05) is 37.1 Å². The van der Waals surface area contributed by atoms with E-state index >= 15 is 0 Å². The summed E-state index contributed by atoms with van der Waals surface area (Å²) in [5.74, 6) is 0.153. The van der Waals surface area contributed by atoms with Gasteiger partial charge >= 0.3 is 0 Å². The number of rotatable bonds is 7. The van der Waals surface area contributed by atoms with Crippen LogP contribution in [-0.2, 0) is 11.2 Å². The van der Waals surface area contributed by atoms with Crippen molar-refractivity contribution in [2.24, 2.45) is 0 Å². The number of nitrogens with zero attached hydrogens (tertiary/aromatic N) is 1. The molecule has 0 bridgehead atoms. The van der Waals surface area contributed by atoms with Crippen molar-refractivity contribution in [1.82, 2.24) is 9.88 Å². The molecule has 0 spiro atoms. The van der Waals surface area contributed by atoms with Crippen molar-refractivity contribution in [3.63, 3.8) is 0 Å². The van der Waals surface area contributed by atoms with Gasteiger partial charge in [-0.2, -0.15) is 0 Å². The molecule has 0 unspecified atom stereocenters. The number of fused-ring (bicyclic) bond motifs is 1. The van der Waals surface area contributed by atoms with Gasteiger partial charge in [-0.1, -0.05) is 37.3 Å². The van der Waals surface area contributed by atoms with Crippen LogP contribution in [0.1, 0.15) is 32.3 Å². The SMILES string of the molecule is CC/C=C\CCN(CCc1c[nH]c2ccccc12)C(C)=O. The first-order chi connectivity index (χ1) is 10.2. The maximum Gasteiger partial charge on any atom is 0.219 e. The lowest BCUT2D eigenvalue weighted by atomic mass is 10.1. The molecular weight excluding hydrogens is 260 g/mol. The van der Waals surface area contributed by atoms with E-state index in [1.54, 1.807) is 6.92 Å². The highest BCUT2D eigenvalue weighted by Gasteiger charge is 2.09. The maximum absolute atomic E-state index is 11.7. The smallest absolute Gasteiger partial charge is 0.219 e. The van der Waals surface area contributed by atoms with Crippen LogP contribution in [0.4, 0.5) is 0 Å². The zero-order valence-electron chi connectivity index (χ0n) is 12.9. The van der Waals surface area contributed by atoms with Crippen LogP contribution in [0.15, 0.2) is 42.6 Å². The number of hydrogen-bond acceptors (Lipinski definition) is 1. The van der Waals surface area contributed by atoms with Crippen molar-refractivity contribution in [3.05, 3.63) is 48.2 Å². The van der Waals surface area contributed by atoms with Crippen LogP contribution >= 0.6 is 0 Å². The first-order valence-corrected chi connectivity index (χ1v) is 7.68. The van der Waals surface area contributed by atoms with Gasteiger partial charge in [-0.3, -0.25) is 4.79 Å². The Hall–Kier alpha value is -2.03. The average Bonchev–Trinajstić information content (AvgIpc) is 2.89. The van der Waals surface area contributed by atoms with Gasteiger partial charge in [0.15, 0.2) is 0 Å². The maximum atomic E-state index is 11.7. The van der Waals surface area contributed by atoms with E-state index in [4.69, 9.17) is 0 Å². The fraction of sp³-hybridized carbons (Fsp3) is 0.389. The molecule has 0 fully saturated rings. The monoisotopic (exact) mass is 284 g/mol. The molecule has 1 amide bonds. The number of carbonyl (C=O) groups is 1. The predicted molar refractivity (Wildman–Crippen MR) is 88.3 cm³/mol. The third kappa shape index (κ3) is 4.22. The summed E-state index contributed by atoms with van der Waals surface area (Å²) in [6, 6.07) is 8.29. The molecule has 0 radical (unpaired) electrons. The van der Waals surface area contributed by atoms with Crippen molar-refractivity contribution in [2.75, 3.05) is 13.1 Å². The Bertz CT molecular complexity index is 612. The molecule has 1 aromatic carbocycles. The fourth-order valence-electron chi connectivity index (χ4n) is 2.54. The first-order valence-electron chi connectivity index (χ1n) is 7.68. The number of amides is 1. The molecule has 3 heteroatoms. The number of H-pyrrole nitrogens is 1. The topological polar surface area (TPSA) is 36.1 Å². The van der Waals surface area contributed by atoms with Crippen molar-refractivity contribution >= 4 is 16.8 Å². The minimum absolute atomic E-state index is 0.153. The summed E-state index contributed by atoms with van der Waals surface area (Å²) < 4.78 is 0. The Balaban J connectivity index is 1.95. The Morgan fingerprint density at radius 1 is 1.24 bits per heavy atom. The van der Waals surface area contributed by atoms with Gasteiger partial charge in [0.1, 0.15) is 0 Å². The van der Waals surface area contributed by atoms with Gasteiger partial charge < -0.3 is 9.88 Å². The number of aromatic amines is 1. The Kier molecular flexibility index (Phi) is 5.61. The molecule has 0 aliphatic rings. The number of allylic oxidation sites excluding steroid dienone is 1. The van der Waals surface area contributed by atoms with Gasteiger partial charge in [-0.25, -0.2) is 0 Å². The van der Waals surface area contributed by atoms with Gasteiger partial charge in [0.2, 0.25) is 5.91 Å². The van der Waals surface area contributed by atoms with E-state index in [-0.39, 0.29) is 5.91 Å². The molecule has 3 nitrogen and oxygen atoms in total. The van der Waals surface area contributed by atoms with E-state index in [1.807, 2.05) is 11.0 Å². The largest absolute Gasteiger partial charge is 0.361 e. The number of carbonyl (C=O) groups excluding carboxylic acids is 1. The van der Waals surface area contributed by atoms with E-state index in [0.29, 0.717) is 0 Å². The molecule has 1 heterocycles. The van der Waals surface area contributed by atoms with Crippen LogP contribution in [0.2, 0.25) is 0 Å². The standard InChI is InChI=1S/C18H24N2O/c1-3-4-5-8-12-20(15(2)21)13-11-16-14-19-18-10-7-6-9-17(16)18/h4-7,9-10,14,19H,3,8,11-13H2,1-2H3/b5-4-. The van der Waals surface area contributed by atoms with Crippen LogP contribution in [0.5, 0.6) is 0 Å². The highest BCUT2D eigenvalue weighted by Crippen LogP contribution is 2.18. The van der Waals surface area contributed by atoms with Gasteiger partial charge in [-0.15, -0.1) is 0 Å². The Labute approximate surface area is 126 Å². The quantitative estimate of drug-likeness (QED) is 0.769. The summed E-state index contributed by atoms with van der Waals surface area (Å²) in [5, 5.41) is 1.26. The summed E-state index contributed by atoms with van der Waals surface area (Å²) in [6.45, 7) is 5.35. The minimum Gasteiger partial charge on any atom is -0.361 e. The van der Waals surface area contributed by atoms with E-state index < -0.39 is 0 Å². The second kappa shape index (κ2) is 7.67. The van der Waals surface area contributed by atoms with Crippen LogP contribution in [0, 0.1) is 0 Å². The number of aromatic nitrogens is 1. The third-order valence-corrected chi connectivity index (χ3v) is 3.74. The molecule has 2 rings (SSSR count). The minimum atomic E-state index is 0.153. The van der Waals surface area contributed by atoms with Gasteiger partial charge in [-0.05, 0) is 30.9 Å². The van der Waals surface area contributed by atoms with Crippen LogP contribution in [0.25, 0.3) is 10.9 Å². The lowest BCUT2D eigenvalue weighted by molar-refractivity contribution is -0.128. The lowest BCUT2D eigenvalue weighted by Gasteiger charge is -2.20.